The highest BCUT2D eigenvalue weighted by atomic mass is 32.1. The third kappa shape index (κ3) is 2.77. The molecule has 0 spiro atoms. The predicted octanol–water partition coefficient (Wildman–Crippen LogP) is 5.09. The van der Waals surface area contributed by atoms with Gasteiger partial charge in [-0.25, -0.2) is 0 Å². The van der Waals surface area contributed by atoms with E-state index in [0.717, 1.165) is 6.54 Å². The maximum absolute atomic E-state index is 2.36. The summed E-state index contributed by atoms with van der Waals surface area (Å²) in [6.07, 6.45) is 1.17. The molecule has 106 valence electrons. The first kappa shape index (κ1) is 14.0. The van der Waals surface area contributed by atoms with Crippen LogP contribution in [0.3, 0.4) is 0 Å². The summed E-state index contributed by atoms with van der Waals surface area (Å²) in [6.45, 7) is 5.54. The molecule has 0 amide bonds. The average molecular weight is 294 g/mol. The summed E-state index contributed by atoms with van der Waals surface area (Å²) >= 11 is 1.84. The number of hydrogen-bond donors (Lipinski definition) is 0. The molecule has 0 fully saturated rings. The molecule has 0 saturated carbocycles. The third-order valence-electron chi connectivity index (χ3n) is 3.78. The van der Waals surface area contributed by atoms with Crippen LogP contribution in [0.25, 0.3) is 21.6 Å². The number of benzene rings is 2. The minimum Gasteiger partial charge on any atom is -0.192 e. The van der Waals surface area contributed by atoms with Crippen LogP contribution in [0.15, 0.2) is 60.1 Å². The van der Waals surface area contributed by atoms with Crippen molar-refractivity contribution < 1.29 is 4.57 Å². The Hall–Kier alpha value is -1.93. The van der Waals surface area contributed by atoms with Crippen LogP contribution >= 0.6 is 11.3 Å². The van der Waals surface area contributed by atoms with E-state index in [1.54, 1.807) is 0 Å². The van der Waals surface area contributed by atoms with E-state index in [9.17, 15) is 0 Å². The van der Waals surface area contributed by atoms with E-state index < -0.39 is 0 Å². The highest BCUT2D eigenvalue weighted by molar-refractivity contribution is 7.13. The molecule has 0 atom stereocenters. The largest absolute Gasteiger partial charge is 0.225 e. The zero-order valence-electron chi connectivity index (χ0n) is 12.5. The van der Waals surface area contributed by atoms with Crippen molar-refractivity contribution in [1.82, 2.24) is 0 Å². The fraction of sp³-hybridized carbons (Fsp3) is 0.211. The van der Waals surface area contributed by atoms with Gasteiger partial charge in [-0.05, 0) is 11.1 Å². The SMILES string of the molecule is CCC[n+]1csc(-c2ccccc2-c2ccccc2)c1C. The van der Waals surface area contributed by atoms with Gasteiger partial charge in [0.25, 0.3) is 0 Å². The van der Waals surface area contributed by atoms with Crippen molar-refractivity contribution in [2.75, 3.05) is 0 Å². The van der Waals surface area contributed by atoms with Crippen LogP contribution < -0.4 is 4.57 Å². The van der Waals surface area contributed by atoms with Crippen LogP contribution in [0.4, 0.5) is 0 Å². The molecule has 0 aliphatic carbocycles. The van der Waals surface area contributed by atoms with E-state index in [0.29, 0.717) is 0 Å². The topological polar surface area (TPSA) is 3.88 Å². The minimum atomic E-state index is 1.09. The van der Waals surface area contributed by atoms with Crippen LogP contribution in [-0.2, 0) is 6.54 Å². The van der Waals surface area contributed by atoms with Crippen molar-refractivity contribution in [2.45, 2.75) is 26.8 Å². The van der Waals surface area contributed by atoms with Gasteiger partial charge in [-0.1, -0.05) is 72.9 Å². The Morgan fingerprint density at radius 3 is 2.29 bits per heavy atom. The standard InChI is InChI=1S/C19H20NS/c1-3-13-20-14-21-19(15(20)2)18-12-8-7-11-17(18)16-9-5-4-6-10-16/h4-12,14H,3,13H2,1-2H3/q+1. The number of aromatic nitrogens is 1. The van der Waals surface area contributed by atoms with Crippen molar-refractivity contribution in [2.24, 2.45) is 0 Å². The van der Waals surface area contributed by atoms with Gasteiger partial charge >= 0.3 is 0 Å². The van der Waals surface area contributed by atoms with Gasteiger partial charge in [-0.2, -0.15) is 4.57 Å². The van der Waals surface area contributed by atoms with Gasteiger partial charge in [-0.15, -0.1) is 0 Å². The van der Waals surface area contributed by atoms with Crippen LogP contribution in [-0.4, -0.2) is 0 Å². The lowest BCUT2D eigenvalue weighted by Crippen LogP contribution is -2.33. The molecule has 0 bridgehead atoms. The smallest absolute Gasteiger partial charge is 0.192 e. The van der Waals surface area contributed by atoms with Crippen LogP contribution in [0.1, 0.15) is 19.0 Å². The van der Waals surface area contributed by atoms with E-state index >= 15 is 0 Å². The average Bonchev–Trinajstić information content (AvgIpc) is 2.90. The fourth-order valence-electron chi connectivity index (χ4n) is 2.68. The zero-order valence-corrected chi connectivity index (χ0v) is 13.4. The Morgan fingerprint density at radius 1 is 0.905 bits per heavy atom. The lowest BCUT2D eigenvalue weighted by molar-refractivity contribution is -0.697. The predicted molar refractivity (Wildman–Crippen MR) is 90.4 cm³/mol. The molecular weight excluding hydrogens is 274 g/mol. The number of thiazole rings is 1. The summed E-state index contributed by atoms with van der Waals surface area (Å²) in [5, 5.41) is 0. The lowest BCUT2D eigenvalue weighted by atomic mass is 9.98. The van der Waals surface area contributed by atoms with Gasteiger partial charge in [0, 0.05) is 18.9 Å². The van der Waals surface area contributed by atoms with Crippen molar-refractivity contribution >= 4 is 11.3 Å². The van der Waals surface area contributed by atoms with Gasteiger partial charge in [-0.3, -0.25) is 0 Å². The fourth-order valence-corrected chi connectivity index (χ4v) is 3.77. The van der Waals surface area contributed by atoms with E-state index in [4.69, 9.17) is 0 Å². The molecular formula is C19H20NS+. The van der Waals surface area contributed by atoms with E-state index in [1.165, 1.54) is 33.7 Å². The molecule has 1 nitrogen and oxygen atoms in total. The van der Waals surface area contributed by atoms with Crippen molar-refractivity contribution in [1.29, 1.82) is 0 Å². The zero-order chi connectivity index (χ0) is 14.7. The molecule has 0 saturated heterocycles. The number of rotatable bonds is 4. The van der Waals surface area contributed by atoms with E-state index in [-0.39, 0.29) is 0 Å². The monoisotopic (exact) mass is 294 g/mol. The van der Waals surface area contributed by atoms with Crippen LogP contribution in [0.5, 0.6) is 0 Å². The molecule has 0 unspecified atom stereocenters. The molecule has 1 aromatic heterocycles. The van der Waals surface area contributed by atoms with E-state index in [1.807, 2.05) is 11.3 Å². The van der Waals surface area contributed by atoms with Gasteiger partial charge < -0.3 is 0 Å². The number of aryl methyl sites for hydroxylation is 1. The molecule has 0 aliphatic heterocycles. The maximum Gasteiger partial charge on any atom is 0.225 e. The second-order valence-corrected chi connectivity index (χ2v) is 6.10. The minimum absolute atomic E-state index is 1.09. The van der Waals surface area contributed by atoms with Gasteiger partial charge in [0.2, 0.25) is 5.51 Å². The van der Waals surface area contributed by atoms with Crippen molar-refractivity contribution in [3.05, 3.63) is 65.8 Å². The summed E-state index contributed by atoms with van der Waals surface area (Å²) in [4.78, 5) is 1.38. The molecule has 21 heavy (non-hydrogen) atoms. The summed E-state index contributed by atoms with van der Waals surface area (Å²) in [6, 6.07) is 19.3. The van der Waals surface area contributed by atoms with Crippen LogP contribution in [0, 0.1) is 6.92 Å². The Bertz CT molecular complexity index is 728. The quantitative estimate of drug-likeness (QED) is 0.590. The first-order valence-corrected chi connectivity index (χ1v) is 8.31. The maximum atomic E-state index is 2.36. The third-order valence-corrected chi connectivity index (χ3v) is 4.89. The van der Waals surface area contributed by atoms with Crippen molar-refractivity contribution in [3.8, 4) is 21.6 Å². The summed E-state index contributed by atoms with van der Waals surface area (Å²) in [7, 11) is 0. The molecule has 0 N–H and O–H groups in total. The van der Waals surface area contributed by atoms with E-state index in [2.05, 4.69) is 78.5 Å². The molecule has 2 aromatic carbocycles. The number of hydrogen-bond acceptors (Lipinski definition) is 1. The number of nitrogens with zero attached hydrogens (tertiary/aromatic N) is 1. The van der Waals surface area contributed by atoms with Gasteiger partial charge in [0.15, 0.2) is 5.69 Å². The molecule has 1 heterocycles. The van der Waals surface area contributed by atoms with Gasteiger partial charge in [0.05, 0.1) is 0 Å². The molecule has 3 aromatic rings. The highest BCUT2D eigenvalue weighted by Crippen LogP contribution is 2.35. The summed E-state index contributed by atoms with van der Waals surface area (Å²) in [5.74, 6) is 0. The van der Waals surface area contributed by atoms with Gasteiger partial charge in [0.1, 0.15) is 11.4 Å². The summed E-state index contributed by atoms with van der Waals surface area (Å²) < 4.78 is 2.36. The molecule has 3 rings (SSSR count). The summed E-state index contributed by atoms with van der Waals surface area (Å²) in [5.41, 5.74) is 7.54. The first-order chi connectivity index (χ1) is 10.3. The Morgan fingerprint density at radius 2 is 1.57 bits per heavy atom. The Balaban J connectivity index is 2.12. The lowest BCUT2D eigenvalue weighted by Gasteiger charge is -2.07. The Kier molecular flexibility index (Phi) is 4.16. The highest BCUT2D eigenvalue weighted by Gasteiger charge is 2.18. The molecule has 0 aliphatic rings. The Labute approximate surface area is 130 Å². The first-order valence-electron chi connectivity index (χ1n) is 7.43. The normalized spacial score (nSPS) is 10.8. The molecule has 2 heteroatoms. The second-order valence-electron chi connectivity index (χ2n) is 5.24. The van der Waals surface area contributed by atoms with Crippen molar-refractivity contribution in [3.63, 3.8) is 0 Å². The molecule has 0 radical (unpaired) electrons. The second kappa shape index (κ2) is 6.23. The van der Waals surface area contributed by atoms with Crippen LogP contribution in [0.2, 0.25) is 0 Å².